The first-order valence-corrected chi connectivity index (χ1v) is 9.98. The fourth-order valence-corrected chi connectivity index (χ4v) is 3.72. The molecule has 0 fully saturated rings. The third-order valence-electron chi connectivity index (χ3n) is 4.18. The van der Waals surface area contributed by atoms with Crippen molar-refractivity contribution in [2.45, 2.75) is 33.6 Å². The quantitative estimate of drug-likeness (QED) is 0.646. The smallest absolute Gasteiger partial charge is 0.263 e. The fraction of sp³-hybridized carbons (Fsp3) is 0.474. The van der Waals surface area contributed by atoms with Crippen LogP contribution in [0.2, 0.25) is 5.02 Å². The highest BCUT2D eigenvalue weighted by Crippen LogP contribution is 2.28. The molecule has 0 aliphatic heterocycles. The van der Waals surface area contributed by atoms with Gasteiger partial charge >= 0.3 is 0 Å². The number of nitrogens with one attached hydrogen (secondary N) is 1. The van der Waals surface area contributed by atoms with Gasteiger partial charge in [-0.2, -0.15) is 0 Å². The number of unbranched alkanes of at least 4 members (excludes halogenated alkanes) is 1. The number of amides is 1. The van der Waals surface area contributed by atoms with Crippen LogP contribution in [0.3, 0.4) is 0 Å². The minimum absolute atomic E-state index is 0.0296. The molecule has 1 aromatic heterocycles. The number of thiazole rings is 1. The van der Waals surface area contributed by atoms with Gasteiger partial charge < -0.3 is 10.2 Å². The van der Waals surface area contributed by atoms with Gasteiger partial charge in [-0.25, -0.2) is 4.98 Å². The standard InChI is InChI=1S/C19H26ClN3OS/c1-4-23(5-2)13-7-6-12-21-18(24)17-14(3)22-19(25-17)15-8-10-16(20)11-9-15/h8-11H,4-7,12-13H2,1-3H3,(H,21,24). The molecule has 0 radical (unpaired) electrons. The van der Waals surface area contributed by atoms with Crippen LogP contribution >= 0.6 is 22.9 Å². The van der Waals surface area contributed by atoms with Crippen LogP contribution in [0.15, 0.2) is 24.3 Å². The Kier molecular flexibility index (Phi) is 7.88. The third-order valence-corrected chi connectivity index (χ3v) is 5.63. The molecule has 6 heteroatoms. The van der Waals surface area contributed by atoms with Gasteiger partial charge in [0, 0.05) is 17.1 Å². The van der Waals surface area contributed by atoms with Gasteiger partial charge in [0.1, 0.15) is 9.88 Å². The summed E-state index contributed by atoms with van der Waals surface area (Å²) in [5, 5.41) is 4.56. The molecule has 0 bridgehead atoms. The van der Waals surface area contributed by atoms with Gasteiger partial charge in [-0.15, -0.1) is 11.3 Å². The van der Waals surface area contributed by atoms with Crippen LogP contribution in [0.5, 0.6) is 0 Å². The minimum Gasteiger partial charge on any atom is -0.351 e. The number of hydrogen-bond acceptors (Lipinski definition) is 4. The molecule has 1 aromatic carbocycles. The molecule has 0 atom stereocenters. The first kappa shape index (κ1) is 19.9. The summed E-state index contributed by atoms with van der Waals surface area (Å²) in [6.07, 6.45) is 2.09. The Morgan fingerprint density at radius 1 is 1.20 bits per heavy atom. The van der Waals surface area contributed by atoms with Crippen LogP contribution in [0.25, 0.3) is 10.6 Å². The van der Waals surface area contributed by atoms with E-state index in [2.05, 4.69) is 29.0 Å². The van der Waals surface area contributed by atoms with Crippen LogP contribution in [0, 0.1) is 6.92 Å². The predicted octanol–water partition coefficient (Wildman–Crippen LogP) is 4.62. The van der Waals surface area contributed by atoms with E-state index in [0.29, 0.717) is 16.4 Å². The fourth-order valence-electron chi connectivity index (χ4n) is 2.61. The second-order valence-corrected chi connectivity index (χ2v) is 7.37. The van der Waals surface area contributed by atoms with Crippen molar-refractivity contribution < 1.29 is 4.79 Å². The van der Waals surface area contributed by atoms with Crippen molar-refractivity contribution in [2.24, 2.45) is 0 Å². The van der Waals surface area contributed by atoms with Crippen molar-refractivity contribution in [1.82, 2.24) is 15.2 Å². The Balaban J connectivity index is 1.86. The van der Waals surface area contributed by atoms with Gasteiger partial charge in [0.15, 0.2) is 0 Å². The first-order chi connectivity index (χ1) is 12.0. The molecule has 25 heavy (non-hydrogen) atoms. The largest absolute Gasteiger partial charge is 0.351 e. The molecule has 1 N–H and O–H groups in total. The minimum atomic E-state index is -0.0296. The van der Waals surface area contributed by atoms with Gasteiger partial charge in [-0.3, -0.25) is 4.79 Å². The number of carbonyl (C=O) groups is 1. The molecule has 1 heterocycles. The molecule has 0 unspecified atom stereocenters. The number of rotatable bonds is 9. The van der Waals surface area contributed by atoms with E-state index in [1.165, 1.54) is 11.3 Å². The number of hydrogen-bond donors (Lipinski definition) is 1. The number of aryl methyl sites for hydroxylation is 1. The summed E-state index contributed by atoms with van der Waals surface area (Å²) in [6, 6.07) is 7.53. The van der Waals surface area contributed by atoms with Crippen LogP contribution in [0.1, 0.15) is 42.1 Å². The Morgan fingerprint density at radius 3 is 2.52 bits per heavy atom. The lowest BCUT2D eigenvalue weighted by Crippen LogP contribution is -2.27. The summed E-state index contributed by atoms with van der Waals surface area (Å²) in [5.41, 5.74) is 1.76. The summed E-state index contributed by atoms with van der Waals surface area (Å²) in [4.78, 5) is 20.0. The number of benzene rings is 1. The zero-order valence-corrected chi connectivity index (χ0v) is 16.7. The maximum Gasteiger partial charge on any atom is 0.263 e. The highest BCUT2D eigenvalue weighted by Gasteiger charge is 2.15. The third kappa shape index (κ3) is 5.80. The number of halogens is 1. The van der Waals surface area contributed by atoms with Crippen LogP contribution in [0.4, 0.5) is 0 Å². The average molecular weight is 380 g/mol. The molecular formula is C19H26ClN3OS. The summed E-state index contributed by atoms with van der Waals surface area (Å²) in [7, 11) is 0. The maximum atomic E-state index is 12.4. The maximum absolute atomic E-state index is 12.4. The molecule has 2 aromatic rings. The van der Waals surface area contributed by atoms with E-state index >= 15 is 0 Å². The van der Waals surface area contributed by atoms with Crippen molar-refractivity contribution in [3.63, 3.8) is 0 Å². The molecular weight excluding hydrogens is 354 g/mol. The van der Waals surface area contributed by atoms with Crippen molar-refractivity contribution in [2.75, 3.05) is 26.2 Å². The summed E-state index contributed by atoms with van der Waals surface area (Å²) in [6.45, 7) is 10.2. The van der Waals surface area contributed by atoms with Crippen LogP contribution in [-0.4, -0.2) is 42.0 Å². The van der Waals surface area contributed by atoms with E-state index < -0.39 is 0 Å². The first-order valence-electron chi connectivity index (χ1n) is 8.79. The van der Waals surface area contributed by atoms with Gasteiger partial charge in [0.05, 0.1) is 5.69 Å². The second-order valence-electron chi connectivity index (χ2n) is 5.93. The second kappa shape index (κ2) is 9.90. The Morgan fingerprint density at radius 2 is 1.88 bits per heavy atom. The highest BCUT2D eigenvalue weighted by atomic mass is 35.5. The lowest BCUT2D eigenvalue weighted by molar-refractivity contribution is 0.0956. The SMILES string of the molecule is CCN(CC)CCCCNC(=O)c1sc(-c2ccc(Cl)cc2)nc1C. The Labute approximate surface area is 159 Å². The van der Waals surface area contributed by atoms with E-state index in [4.69, 9.17) is 11.6 Å². The van der Waals surface area contributed by atoms with Crippen LogP contribution in [-0.2, 0) is 0 Å². The number of carbonyl (C=O) groups excluding carboxylic acids is 1. The van der Waals surface area contributed by atoms with Crippen molar-refractivity contribution in [3.8, 4) is 10.6 Å². The molecule has 0 saturated carbocycles. The summed E-state index contributed by atoms with van der Waals surface area (Å²) in [5.74, 6) is -0.0296. The molecule has 0 aliphatic rings. The Bertz CT molecular complexity index is 680. The van der Waals surface area contributed by atoms with Crippen molar-refractivity contribution >= 4 is 28.8 Å². The molecule has 0 spiro atoms. The zero-order valence-electron chi connectivity index (χ0n) is 15.1. The molecule has 2 rings (SSSR count). The van der Waals surface area contributed by atoms with E-state index in [1.54, 1.807) is 0 Å². The summed E-state index contributed by atoms with van der Waals surface area (Å²) >= 11 is 7.35. The molecule has 136 valence electrons. The lowest BCUT2D eigenvalue weighted by atomic mass is 10.2. The highest BCUT2D eigenvalue weighted by molar-refractivity contribution is 7.17. The van der Waals surface area contributed by atoms with Gasteiger partial charge in [0.25, 0.3) is 5.91 Å². The van der Waals surface area contributed by atoms with E-state index in [0.717, 1.165) is 48.7 Å². The van der Waals surface area contributed by atoms with Gasteiger partial charge in [-0.1, -0.05) is 37.6 Å². The van der Waals surface area contributed by atoms with Gasteiger partial charge in [-0.05, 0) is 51.5 Å². The number of nitrogens with zero attached hydrogens (tertiary/aromatic N) is 2. The Hall–Kier alpha value is -1.43. The summed E-state index contributed by atoms with van der Waals surface area (Å²) < 4.78 is 0. The molecule has 1 amide bonds. The van der Waals surface area contributed by atoms with Crippen molar-refractivity contribution in [1.29, 1.82) is 0 Å². The number of aromatic nitrogens is 1. The zero-order chi connectivity index (χ0) is 18.2. The molecule has 4 nitrogen and oxygen atoms in total. The lowest BCUT2D eigenvalue weighted by Gasteiger charge is -2.17. The topological polar surface area (TPSA) is 45.2 Å². The van der Waals surface area contributed by atoms with Crippen molar-refractivity contribution in [3.05, 3.63) is 39.9 Å². The van der Waals surface area contributed by atoms with E-state index in [-0.39, 0.29) is 5.91 Å². The molecule has 0 aliphatic carbocycles. The average Bonchev–Trinajstić information content (AvgIpc) is 3.00. The predicted molar refractivity (Wildman–Crippen MR) is 107 cm³/mol. The normalized spacial score (nSPS) is 11.1. The van der Waals surface area contributed by atoms with E-state index in [1.807, 2.05) is 31.2 Å². The van der Waals surface area contributed by atoms with Gasteiger partial charge in [0.2, 0.25) is 0 Å². The van der Waals surface area contributed by atoms with E-state index in [9.17, 15) is 4.79 Å². The monoisotopic (exact) mass is 379 g/mol. The van der Waals surface area contributed by atoms with Crippen LogP contribution < -0.4 is 5.32 Å². The molecule has 0 saturated heterocycles.